The maximum absolute atomic E-state index is 12.6. The van der Waals surface area contributed by atoms with Crippen LogP contribution in [0.25, 0.3) is 0 Å². The Bertz CT molecular complexity index is 565. The monoisotopic (exact) mass is 296 g/mol. The van der Waals surface area contributed by atoms with Crippen molar-refractivity contribution in [2.45, 2.75) is 50.6 Å². The Hall–Kier alpha value is -0.910. The molecule has 4 nitrogen and oxygen atoms in total. The Morgan fingerprint density at radius 2 is 2.05 bits per heavy atom. The minimum Gasteiger partial charge on any atom is -0.310 e. The van der Waals surface area contributed by atoms with Crippen LogP contribution < -0.4 is 5.32 Å². The van der Waals surface area contributed by atoms with Gasteiger partial charge in [-0.2, -0.15) is 0 Å². The van der Waals surface area contributed by atoms with Crippen LogP contribution in [0.2, 0.25) is 0 Å². The molecule has 0 unspecified atom stereocenters. The first kappa shape index (κ1) is 15.5. The average molecular weight is 296 g/mol. The summed E-state index contributed by atoms with van der Waals surface area (Å²) in [6.07, 6.45) is 3.28. The molecular formula is C15H24N2O2S. The Morgan fingerprint density at radius 3 is 2.65 bits per heavy atom. The molecule has 0 heterocycles. The number of rotatable bonds is 7. The maximum atomic E-state index is 12.6. The summed E-state index contributed by atoms with van der Waals surface area (Å²) in [6.45, 7) is 5.12. The minimum absolute atomic E-state index is 0.434. The van der Waals surface area contributed by atoms with E-state index in [2.05, 4.69) is 5.32 Å². The molecule has 0 atom stereocenters. The van der Waals surface area contributed by atoms with Crippen molar-refractivity contribution in [2.75, 3.05) is 13.6 Å². The molecule has 5 heteroatoms. The quantitative estimate of drug-likeness (QED) is 0.840. The normalized spacial score (nSPS) is 15.8. The van der Waals surface area contributed by atoms with E-state index in [9.17, 15) is 8.42 Å². The van der Waals surface area contributed by atoms with Crippen LogP contribution in [0.4, 0.5) is 0 Å². The lowest BCUT2D eigenvalue weighted by atomic mass is 10.1. The Morgan fingerprint density at radius 1 is 1.35 bits per heavy atom. The molecule has 1 saturated carbocycles. The van der Waals surface area contributed by atoms with Gasteiger partial charge in [0.15, 0.2) is 0 Å². The second kappa shape index (κ2) is 6.24. The average Bonchev–Trinajstić information content (AvgIpc) is 3.22. The predicted molar refractivity (Wildman–Crippen MR) is 81.1 cm³/mol. The molecule has 0 saturated heterocycles. The molecular weight excluding hydrogens is 272 g/mol. The van der Waals surface area contributed by atoms with E-state index in [4.69, 9.17) is 0 Å². The van der Waals surface area contributed by atoms with Gasteiger partial charge in [-0.3, -0.25) is 0 Å². The van der Waals surface area contributed by atoms with Gasteiger partial charge in [0, 0.05) is 26.2 Å². The van der Waals surface area contributed by atoms with Gasteiger partial charge in [-0.05, 0) is 43.4 Å². The molecule has 112 valence electrons. The standard InChI is InChI=1S/C15H24N2O2S/c1-4-9-17(3)20(18,19)15-10-13(6-5-12(15)2)11-16-14-7-8-14/h5-6,10,14,16H,4,7-9,11H2,1-3H3. The number of nitrogens with one attached hydrogen (secondary N) is 1. The summed E-state index contributed by atoms with van der Waals surface area (Å²) < 4.78 is 26.5. The molecule has 1 N–H and O–H groups in total. The fraction of sp³-hybridized carbons (Fsp3) is 0.600. The third-order valence-electron chi connectivity index (χ3n) is 3.65. The van der Waals surface area contributed by atoms with Gasteiger partial charge in [0.05, 0.1) is 4.90 Å². The summed E-state index contributed by atoms with van der Waals surface area (Å²) in [6, 6.07) is 6.34. The Kier molecular flexibility index (Phi) is 4.83. The molecule has 0 aliphatic heterocycles. The van der Waals surface area contributed by atoms with Gasteiger partial charge in [0.1, 0.15) is 0 Å². The lowest BCUT2D eigenvalue weighted by molar-refractivity contribution is 0.468. The van der Waals surface area contributed by atoms with Crippen molar-refractivity contribution in [3.63, 3.8) is 0 Å². The van der Waals surface area contributed by atoms with Gasteiger partial charge in [-0.25, -0.2) is 12.7 Å². The number of hydrogen-bond donors (Lipinski definition) is 1. The second-order valence-corrected chi connectivity index (χ2v) is 7.59. The summed E-state index contributed by atoms with van der Waals surface area (Å²) in [7, 11) is -1.73. The second-order valence-electron chi connectivity index (χ2n) is 5.58. The van der Waals surface area contributed by atoms with Crippen LogP contribution in [0.1, 0.15) is 37.3 Å². The number of sulfonamides is 1. The van der Waals surface area contributed by atoms with Crippen molar-refractivity contribution in [3.05, 3.63) is 29.3 Å². The van der Waals surface area contributed by atoms with Gasteiger partial charge in [-0.15, -0.1) is 0 Å². The molecule has 0 amide bonds. The molecule has 1 fully saturated rings. The first-order valence-electron chi connectivity index (χ1n) is 7.24. The lowest BCUT2D eigenvalue weighted by Gasteiger charge is -2.18. The fourth-order valence-corrected chi connectivity index (χ4v) is 3.72. The van der Waals surface area contributed by atoms with E-state index in [-0.39, 0.29) is 0 Å². The zero-order chi connectivity index (χ0) is 14.8. The van der Waals surface area contributed by atoms with Gasteiger partial charge >= 0.3 is 0 Å². The van der Waals surface area contributed by atoms with Gasteiger partial charge < -0.3 is 5.32 Å². The van der Waals surface area contributed by atoms with E-state index in [1.54, 1.807) is 7.05 Å². The molecule has 1 aromatic rings. The van der Waals surface area contributed by atoms with E-state index in [0.717, 1.165) is 24.1 Å². The Labute approximate surface area is 122 Å². The minimum atomic E-state index is -3.37. The summed E-state index contributed by atoms with van der Waals surface area (Å²) in [5, 5.41) is 3.42. The fourth-order valence-electron chi connectivity index (χ4n) is 2.18. The number of aryl methyl sites for hydroxylation is 1. The molecule has 0 aromatic heterocycles. The van der Waals surface area contributed by atoms with E-state index < -0.39 is 10.0 Å². The van der Waals surface area contributed by atoms with E-state index in [1.165, 1.54) is 17.1 Å². The Balaban J connectivity index is 2.22. The van der Waals surface area contributed by atoms with E-state index in [0.29, 0.717) is 17.5 Å². The van der Waals surface area contributed by atoms with Crippen molar-refractivity contribution in [1.82, 2.24) is 9.62 Å². The zero-order valence-corrected chi connectivity index (χ0v) is 13.3. The largest absolute Gasteiger partial charge is 0.310 e. The molecule has 1 aromatic carbocycles. The van der Waals surface area contributed by atoms with Crippen LogP contribution in [0.15, 0.2) is 23.1 Å². The van der Waals surface area contributed by atoms with Gasteiger partial charge in [0.2, 0.25) is 10.0 Å². The molecule has 1 aliphatic rings. The van der Waals surface area contributed by atoms with Crippen LogP contribution in [-0.2, 0) is 16.6 Å². The van der Waals surface area contributed by atoms with Crippen molar-refractivity contribution in [3.8, 4) is 0 Å². The molecule has 20 heavy (non-hydrogen) atoms. The SMILES string of the molecule is CCCN(C)S(=O)(=O)c1cc(CNC2CC2)ccc1C. The van der Waals surface area contributed by atoms with Crippen molar-refractivity contribution in [2.24, 2.45) is 0 Å². The van der Waals surface area contributed by atoms with Crippen molar-refractivity contribution in [1.29, 1.82) is 0 Å². The predicted octanol–water partition coefficient (Wildman–Crippen LogP) is 2.28. The summed E-state index contributed by atoms with van der Waals surface area (Å²) >= 11 is 0. The highest BCUT2D eigenvalue weighted by atomic mass is 32.2. The molecule has 0 radical (unpaired) electrons. The first-order valence-corrected chi connectivity index (χ1v) is 8.68. The number of hydrogen-bond acceptors (Lipinski definition) is 3. The maximum Gasteiger partial charge on any atom is 0.243 e. The molecule has 2 rings (SSSR count). The molecule has 1 aliphatic carbocycles. The molecule has 0 bridgehead atoms. The highest BCUT2D eigenvalue weighted by Crippen LogP contribution is 2.22. The zero-order valence-electron chi connectivity index (χ0n) is 12.5. The third-order valence-corrected chi connectivity index (χ3v) is 5.65. The smallest absolute Gasteiger partial charge is 0.243 e. The van der Waals surface area contributed by atoms with Crippen molar-refractivity contribution < 1.29 is 8.42 Å². The van der Waals surface area contributed by atoms with Gasteiger partial charge in [0.25, 0.3) is 0 Å². The van der Waals surface area contributed by atoms with E-state index in [1.807, 2.05) is 32.0 Å². The van der Waals surface area contributed by atoms with Crippen LogP contribution in [0, 0.1) is 6.92 Å². The first-order chi connectivity index (χ1) is 9.45. The molecule has 0 spiro atoms. The van der Waals surface area contributed by atoms with Crippen molar-refractivity contribution >= 4 is 10.0 Å². The highest BCUT2D eigenvalue weighted by Gasteiger charge is 2.23. The number of nitrogens with zero attached hydrogens (tertiary/aromatic N) is 1. The van der Waals surface area contributed by atoms with Gasteiger partial charge in [-0.1, -0.05) is 19.1 Å². The summed E-state index contributed by atoms with van der Waals surface area (Å²) in [5.41, 5.74) is 1.84. The van der Waals surface area contributed by atoms with Crippen LogP contribution in [-0.4, -0.2) is 32.4 Å². The number of benzene rings is 1. The van der Waals surface area contributed by atoms with E-state index >= 15 is 0 Å². The third kappa shape index (κ3) is 3.59. The van der Waals surface area contributed by atoms with Crippen LogP contribution in [0.5, 0.6) is 0 Å². The van der Waals surface area contributed by atoms with Crippen LogP contribution >= 0.6 is 0 Å². The lowest BCUT2D eigenvalue weighted by Crippen LogP contribution is -2.28. The van der Waals surface area contributed by atoms with Crippen LogP contribution in [0.3, 0.4) is 0 Å². The topological polar surface area (TPSA) is 49.4 Å². The summed E-state index contributed by atoms with van der Waals surface area (Å²) in [4.78, 5) is 0.434. The highest BCUT2D eigenvalue weighted by molar-refractivity contribution is 7.89. The summed E-state index contributed by atoms with van der Waals surface area (Å²) in [5.74, 6) is 0.